The highest BCUT2D eigenvalue weighted by molar-refractivity contribution is 5.48. The minimum atomic E-state index is -0.564. The first-order valence-electron chi connectivity index (χ1n) is 6.30. The van der Waals surface area contributed by atoms with Crippen LogP contribution in [0.3, 0.4) is 0 Å². The lowest BCUT2D eigenvalue weighted by atomic mass is 9.97. The fourth-order valence-electron chi connectivity index (χ4n) is 2.24. The third kappa shape index (κ3) is 2.50. The van der Waals surface area contributed by atoms with E-state index >= 15 is 0 Å². The van der Waals surface area contributed by atoms with Gasteiger partial charge in [0.25, 0.3) is 0 Å². The first-order chi connectivity index (χ1) is 9.60. The summed E-state index contributed by atoms with van der Waals surface area (Å²) in [5.41, 5.74) is 5.72. The van der Waals surface area contributed by atoms with Crippen LogP contribution in [-0.4, -0.2) is 12.1 Å². The summed E-state index contributed by atoms with van der Waals surface area (Å²) in [5.74, 6) is 5.89. The maximum absolute atomic E-state index is 13.9. The lowest BCUT2D eigenvalue weighted by molar-refractivity contribution is 0.399. The molecule has 0 aliphatic heterocycles. The smallest absolute Gasteiger partial charge is 0.146 e. The third-order valence-electron chi connectivity index (χ3n) is 3.45. The van der Waals surface area contributed by atoms with Gasteiger partial charge in [0.15, 0.2) is 0 Å². The summed E-state index contributed by atoms with van der Waals surface area (Å²) in [5, 5.41) is 0. The quantitative estimate of drug-likeness (QED) is 0.664. The number of hydrogen-bond donors (Lipinski definition) is 2. The van der Waals surface area contributed by atoms with Crippen molar-refractivity contribution in [3.63, 3.8) is 0 Å². The Hall–Kier alpha value is -1.98. The molecular formula is C15H18FN3O. The van der Waals surface area contributed by atoms with E-state index in [9.17, 15) is 4.39 Å². The number of aryl methyl sites for hydroxylation is 1. The summed E-state index contributed by atoms with van der Waals surface area (Å²) in [4.78, 5) is 4.08. The summed E-state index contributed by atoms with van der Waals surface area (Å²) in [6.45, 7) is 3.95. The molecule has 3 N–H and O–H groups in total. The van der Waals surface area contributed by atoms with E-state index in [1.807, 2.05) is 26.0 Å². The predicted molar refractivity (Wildman–Crippen MR) is 75.8 cm³/mol. The number of nitrogens with zero attached hydrogens (tertiary/aromatic N) is 1. The largest absolute Gasteiger partial charge is 0.496 e. The maximum Gasteiger partial charge on any atom is 0.146 e. The minimum Gasteiger partial charge on any atom is -0.496 e. The van der Waals surface area contributed by atoms with Crippen molar-refractivity contribution in [3.8, 4) is 5.75 Å². The van der Waals surface area contributed by atoms with Gasteiger partial charge in [-0.15, -0.1) is 0 Å². The van der Waals surface area contributed by atoms with Gasteiger partial charge in [0, 0.05) is 11.8 Å². The molecule has 106 valence electrons. The van der Waals surface area contributed by atoms with E-state index in [0.29, 0.717) is 5.75 Å². The average Bonchev–Trinajstić information content (AvgIpc) is 2.45. The lowest BCUT2D eigenvalue weighted by Gasteiger charge is -2.21. The molecule has 0 spiro atoms. The molecular weight excluding hydrogens is 257 g/mol. The monoisotopic (exact) mass is 275 g/mol. The number of methoxy groups -OCH3 is 1. The Kier molecular flexibility index (Phi) is 4.32. The van der Waals surface area contributed by atoms with E-state index in [-0.39, 0.29) is 5.69 Å². The van der Waals surface area contributed by atoms with Gasteiger partial charge in [-0.2, -0.15) is 0 Å². The van der Waals surface area contributed by atoms with Crippen molar-refractivity contribution in [2.24, 2.45) is 5.84 Å². The van der Waals surface area contributed by atoms with Gasteiger partial charge in [-0.1, -0.05) is 12.1 Å². The highest BCUT2D eigenvalue weighted by Gasteiger charge is 2.22. The van der Waals surface area contributed by atoms with Gasteiger partial charge in [0.2, 0.25) is 0 Å². The van der Waals surface area contributed by atoms with Gasteiger partial charge in [-0.05, 0) is 37.1 Å². The molecule has 20 heavy (non-hydrogen) atoms. The Morgan fingerprint density at radius 2 is 2.05 bits per heavy atom. The second-order valence-corrected chi connectivity index (χ2v) is 4.60. The Balaban J connectivity index is 2.59. The van der Waals surface area contributed by atoms with Crippen LogP contribution in [0.5, 0.6) is 5.75 Å². The van der Waals surface area contributed by atoms with Crippen molar-refractivity contribution in [1.29, 1.82) is 0 Å². The Morgan fingerprint density at radius 1 is 1.30 bits per heavy atom. The van der Waals surface area contributed by atoms with Crippen LogP contribution < -0.4 is 16.0 Å². The van der Waals surface area contributed by atoms with E-state index in [1.165, 1.54) is 12.3 Å². The number of benzene rings is 1. The molecule has 0 fully saturated rings. The number of ether oxygens (including phenoxy) is 1. The SMILES string of the molecule is COc1c(C(NN)c2ncccc2F)ccc(C)c1C. The highest BCUT2D eigenvalue weighted by Crippen LogP contribution is 2.33. The molecule has 0 aliphatic carbocycles. The first-order valence-corrected chi connectivity index (χ1v) is 6.30. The van der Waals surface area contributed by atoms with Crippen LogP contribution >= 0.6 is 0 Å². The molecule has 0 saturated heterocycles. The standard InChI is InChI=1S/C15H18FN3O/c1-9-6-7-11(15(20-3)10(9)2)13(19-17)14-12(16)5-4-8-18-14/h4-8,13,19H,17H2,1-3H3. The summed E-state index contributed by atoms with van der Waals surface area (Å²) in [6, 6.07) is 6.17. The molecule has 0 amide bonds. The van der Waals surface area contributed by atoms with E-state index in [4.69, 9.17) is 10.6 Å². The van der Waals surface area contributed by atoms with Crippen LogP contribution in [0.25, 0.3) is 0 Å². The minimum absolute atomic E-state index is 0.247. The summed E-state index contributed by atoms with van der Waals surface area (Å²) in [6.07, 6.45) is 1.54. The number of nitrogens with two attached hydrogens (primary N) is 1. The summed E-state index contributed by atoms with van der Waals surface area (Å²) < 4.78 is 19.4. The molecule has 1 atom stereocenters. The summed E-state index contributed by atoms with van der Waals surface area (Å²) >= 11 is 0. The Morgan fingerprint density at radius 3 is 2.65 bits per heavy atom. The van der Waals surface area contributed by atoms with E-state index in [0.717, 1.165) is 16.7 Å². The molecule has 1 unspecified atom stereocenters. The van der Waals surface area contributed by atoms with Crippen LogP contribution in [0, 0.1) is 19.7 Å². The van der Waals surface area contributed by atoms with Crippen molar-refractivity contribution in [1.82, 2.24) is 10.4 Å². The van der Waals surface area contributed by atoms with Gasteiger partial charge in [0.1, 0.15) is 11.6 Å². The molecule has 1 aromatic carbocycles. The normalized spacial score (nSPS) is 12.2. The molecule has 0 saturated carbocycles. The zero-order valence-electron chi connectivity index (χ0n) is 11.8. The number of halogens is 1. The zero-order chi connectivity index (χ0) is 14.7. The Bertz CT molecular complexity index is 616. The Labute approximate surface area is 117 Å². The molecule has 0 radical (unpaired) electrons. The van der Waals surface area contributed by atoms with Gasteiger partial charge in [-0.3, -0.25) is 10.8 Å². The van der Waals surface area contributed by atoms with Gasteiger partial charge < -0.3 is 4.74 Å². The van der Waals surface area contributed by atoms with Crippen LogP contribution in [-0.2, 0) is 0 Å². The predicted octanol–water partition coefficient (Wildman–Crippen LogP) is 2.40. The molecule has 5 heteroatoms. The average molecular weight is 275 g/mol. The van der Waals surface area contributed by atoms with E-state index in [1.54, 1.807) is 13.2 Å². The third-order valence-corrected chi connectivity index (χ3v) is 3.45. The lowest BCUT2D eigenvalue weighted by Crippen LogP contribution is -2.30. The second-order valence-electron chi connectivity index (χ2n) is 4.60. The van der Waals surface area contributed by atoms with Gasteiger partial charge in [0.05, 0.1) is 18.8 Å². The number of hydrazine groups is 1. The molecule has 1 aromatic heterocycles. The van der Waals surface area contributed by atoms with E-state index < -0.39 is 11.9 Å². The van der Waals surface area contributed by atoms with Crippen LogP contribution in [0.15, 0.2) is 30.5 Å². The second kappa shape index (κ2) is 5.98. The first kappa shape index (κ1) is 14.4. The van der Waals surface area contributed by atoms with Crippen molar-refractivity contribution < 1.29 is 9.13 Å². The van der Waals surface area contributed by atoms with Crippen LogP contribution in [0.4, 0.5) is 4.39 Å². The van der Waals surface area contributed by atoms with Crippen molar-refractivity contribution >= 4 is 0 Å². The molecule has 0 aliphatic rings. The maximum atomic E-state index is 13.9. The number of pyridine rings is 1. The van der Waals surface area contributed by atoms with Gasteiger partial charge >= 0.3 is 0 Å². The topological polar surface area (TPSA) is 60.2 Å². The fraction of sp³-hybridized carbons (Fsp3) is 0.267. The van der Waals surface area contributed by atoms with Crippen LogP contribution in [0.2, 0.25) is 0 Å². The number of hydrogen-bond acceptors (Lipinski definition) is 4. The number of aromatic nitrogens is 1. The molecule has 1 heterocycles. The number of rotatable bonds is 4. The van der Waals surface area contributed by atoms with Crippen molar-refractivity contribution in [2.45, 2.75) is 19.9 Å². The van der Waals surface area contributed by atoms with Crippen molar-refractivity contribution in [2.75, 3.05) is 7.11 Å². The fourth-order valence-corrected chi connectivity index (χ4v) is 2.24. The summed E-state index contributed by atoms with van der Waals surface area (Å²) in [7, 11) is 1.59. The molecule has 4 nitrogen and oxygen atoms in total. The van der Waals surface area contributed by atoms with E-state index in [2.05, 4.69) is 10.4 Å². The van der Waals surface area contributed by atoms with Gasteiger partial charge in [-0.25, -0.2) is 9.82 Å². The number of nitrogens with one attached hydrogen (secondary N) is 1. The molecule has 2 rings (SSSR count). The highest BCUT2D eigenvalue weighted by atomic mass is 19.1. The zero-order valence-corrected chi connectivity index (χ0v) is 11.8. The molecule has 0 bridgehead atoms. The van der Waals surface area contributed by atoms with Crippen molar-refractivity contribution in [3.05, 3.63) is 58.7 Å². The molecule has 2 aromatic rings. The van der Waals surface area contributed by atoms with Crippen LogP contribution in [0.1, 0.15) is 28.4 Å².